The van der Waals surface area contributed by atoms with Crippen molar-refractivity contribution in [2.24, 2.45) is 0 Å². The number of fused-ring (bicyclic) bond motifs is 2. The second kappa shape index (κ2) is 10.4. The number of carbonyl (C=O) groups excluding carboxylic acids is 2. The van der Waals surface area contributed by atoms with Crippen LogP contribution >= 0.6 is 11.3 Å². The molecule has 0 spiro atoms. The molecule has 1 unspecified atom stereocenters. The van der Waals surface area contributed by atoms with Crippen molar-refractivity contribution < 1.29 is 26.8 Å². The molecule has 9 nitrogen and oxygen atoms in total. The lowest BCUT2D eigenvalue weighted by atomic mass is 9.94. The maximum Gasteiger partial charge on any atom is 0.255 e. The number of halogens is 1. The van der Waals surface area contributed by atoms with Gasteiger partial charge < -0.3 is 15.1 Å². The van der Waals surface area contributed by atoms with Crippen LogP contribution in [0.1, 0.15) is 37.3 Å². The number of furan rings is 1. The molecule has 1 atom stereocenters. The van der Waals surface area contributed by atoms with Gasteiger partial charge in [-0.3, -0.25) is 18.9 Å². The van der Waals surface area contributed by atoms with Gasteiger partial charge in [-0.2, -0.15) is 0 Å². The highest BCUT2D eigenvalue weighted by atomic mass is 32.2. The van der Waals surface area contributed by atoms with Crippen LogP contribution in [0.25, 0.3) is 33.4 Å². The minimum Gasteiger partial charge on any atom is -0.455 e. The second-order valence-electron chi connectivity index (χ2n) is 9.95. The minimum absolute atomic E-state index is 0.183. The maximum atomic E-state index is 13.7. The highest BCUT2D eigenvalue weighted by molar-refractivity contribution is 7.92. The fraction of sp³-hybridized carbons (Fsp3) is 0.167. The predicted molar refractivity (Wildman–Crippen MR) is 160 cm³/mol. The Labute approximate surface area is 245 Å². The Morgan fingerprint density at radius 1 is 1.14 bits per heavy atom. The number of rotatable bonds is 6. The van der Waals surface area contributed by atoms with Gasteiger partial charge in [0.1, 0.15) is 17.2 Å². The Morgan fingerprint density at radius 2 is 1.90 bits per heavy atom. The number of amides is 2. The molecule has 0 fully saturated rings. The van der Waals surface area contributed by atoms with E-state index in [1.54, 1.807) is 29.7 Å². The summed E-state index contributed by atoms with van der Waals surface area (Å²) < 4.78 is 46.2. The quantitative estimate of drug-likeness (QED) is 0.277. The molecule has 0 saturated carbocycles. The molecule has 2 aromatic carbocycles. The third-order valence-electron chi connectivity index (χ3n) is 7.32. The van der Waals surface area contributed by atoms with E-state index in [0.717, 1.165) is 15.4 Å². The number of anilines is 1. The fourth-order valence-electron chi connectivity index (χ4n) is 5.10. The number of benzene rings is 2. The van der Waals surface area contributed by atoms with Crippen molar-refractivity contribution in [2.45, 2.75) is 12.5 Å². The van der Waals surface area contributed by atoms with E-state index in [4.69, 9.17) is 4.42 Å². The average Bonchev–Trinajstić information content (AvgIpc) is 3.64. The Bertz CT molecular complexity index is 1970. The molecule has 0 bridgehead atoms. The maximum absolute atomic E-state index is 13.7. The normalized spacial score (nSPS) is 14.9. The van der Waals surface area contributed by atoms with Gasteiger partial charge in [0.15, 0.2) is 0 Å². The molecule has 0 saturated heterocycles. The van der Waals surface area contributed by atoms with Crippen LogP contribution < -0.4 is 14.9 Å². The van der Waals surface area contributed by atoms with Crippen LogP contribution in [0.2, 0.25) is 0 Å². The third kappa shape index (κ3) is 4.82. The summed E-state index contributed by atoms with van der Waals surface area (Å²) in [6, 6.07) is 14.1. The number of carbonyl (C=O) groups is 2. The molecule has 6 rings (SSSR count). The van der Waals surface area contributed by atoms with E-state index in [0.29, 0.717) is 39.8 Å². The minimum atomic E-state index is -3.72. The van der Waals surface area contributed by atoms with Gasteiger partial charge in [-0.25, -0.2) is 12.8 Å². The van der Waals surface area contributed by atoms with Crippen LogP contribution in [-0.2, 0) is 16.4 Å². The molecule has 2 N–H and O–H groups in total. The number of thiophene rings is 1. The van der Waals surface area contributed by atoms with E-state index in [-0.39, 0.29) is 34.5 Å². The molecule has 1 aliphatic rings. The van der Waals surface area contributed by atoms with Crippen molar-refractivity contribution in [1.82, 2.24) is 15.6 Å². The summed E-state index contributed by atoms with van der Waals surface area (Å²) >= 11 is 1.56. The fourth-order valence-corrected chi connectivity index (χ4v) is 6.39. The van der Waals surface area contributed by atoms with E-state index in [9.17, 15) is 22.4 Å². The van der Waals surface area contributed by atoms with Crippen molar-refractivity contribution in [3.05, 3.63) is 93.7 Å². The number of hydrogen-bond acceptors (Lipinski definition) is 7. The first-order valence-electron chi connectivity index (χ1n) is 12.9. The monoisotopic (exact) mass is 604 g/mol. The molecular formula is C30H25FN4O5S2. The van der Waals surface area contributed by atoms with Gasteiger partial charge in [-0.15, -0.1) is 11.3 Å². The number of pyridine rings is 1. The van der Waals surface area contributed by atoms with E-state index >= 15 is 0 Å². The summed E-state index contributed by atoms with van der Waals surface area (Å²) in [5.41, 5.74) is 3.13. The smallest absolute Gasteiger partial charge is 0.255 e. The van der Waals surface area contributed by atoms with Crippen LogP contribution in [0, 0.1) is 5.82 Å². The Balaban J connectivity index is 1.56. The lowest BCUT2D eigenvalue weighted by molar-refractivity contribution is 0.0923. The molecule has 4 heterocycles. The van der Waals surface area contributed by atoms with Gasteiger partial charge in [0.25, 0.3) is 11.8 Å². The lowest BCUT2D eigenvalue weighted by Crippen LogP contribution is -2.35. The molecule has 1 aliphatic heterocycles. The van der Waals surface area contributed by atoms with Crippen LogP contribution in [0.5, 0.6) is 0 Å². The molecule has 214 valence electrons. The molecule has 0 aliphatic carbocycles. The first kappa shape index (κ1) is 27.6. The SMILES string of the molecule is CNC(=O)c1c(-c2ccc(F)cc2)oc2cc(N(C)S(C)(=O)=O)c(-c3cnc4c(c3)C(=O)NC(c3cccs3)C4)cc12. The van der Waals surface area contributed by atoms with Crippen molar-refractivity contribution >= 4 is 49.8 Å². The van der Waals surface area contributed by atoms with Crippen LogP contribution in [0.3, 0.4) is 0 Å². The highest BCUT2D eigenvalue weighted by Gasteiger charge is 2.30. The Morgan fingerprint density at radius 3 is 2.57 bits per heavy atom. The Hall–Kier alpha value is -4.55. The molecule has 12 heteroatoms. The summed E-state index contributed by atoms with van der Waals surface area (Å²) in [6.07, 6.45) is 3.19. The lowest BCUT2D eigenvalue weighted by Gasteiger charge is -2.25. The van der Waals surface area contributed by atoms with E-state index in [1.165, 1.54) is 44.4 Å². The number of nitrogens with one attached hydrogen (secondary N) is 2. The van der Waals surface area contributed by atoms with Crippen LogP contribution in [0.4, 0.5) is 10.1 Å². The van der Waals surface area contributed by atoms with Crippen molar-refractivity contribution in [1.29, 1.82) is 0 Å². The number of sulfonamides is 1. The predicted octanol–water partition coefficient (Wildman–Crippen LogP) is 5.15. The number of nitrogens with zero attached hydrogens (tertiary/aromatic N) is 2. The first-order chi connectivity index (χ1) is 20.0. The summed E-state index contributed by atoms with van der Waals surface area (Å²) in [5.74, 6) is -0.958. The molecule has 5 aromatic rings. The van der Waals surface area contributed by atoms with Crippen molar-refractivity contribution in [3.8, 4) is 22.5 Å². The van der Waals surface area contributed by atoms with E-state index < -0.39 is 21.7 Å². The summed E-state index contributed by atoms with van der Waals surface area (Å²) in [4.78, 5) is 32.0. The first-order valence-corrected chi connectivity index (χ1v) is 15.6. The van der Waals surface area contributed by atoms with Crippen molar-refractivity contribution in [3.63, 3.8) is 0 Å². The zero-order valence-electron chi connectivity index (χ0n) is 22.8. The van der Waals surface area contributed by atoms with Crippen LogP contribution in [-0.4, -0.2) is 45.6 Å². The molecule has 3 aromatic heterocycles. The summed E-state index contributed by atoms with van der Waals surface area (Å²) in [7, 11) is -0.830. The van der Waals surface area contributed by atoms with Gasteiger partial charge in [0.05, 0.1) is 34.8 Å². The van der Waals surface area contributed by atoms with Gasteiger partial charge >= 0.3 is 0 Å². The molecule has 2 amide bonds. The van der Waals surface area contributed by atoms with E-state index in [2.05, 4.69) is 15.6 Å². The van der Waals surface area contributed by atoms with Gasteiger partial charge in [-0.1, -0.05) is 6.07 Å². The summed E-state index contributed by atoms with van der Waals surface area (Å²) in [6.45, 7) is 0. The second-order valence-corrected chi connectivity index (χ2v) is 12.9. The third-order valence-corrected chi connectivity index (χ3v) is 9.50. The molecule has 42 heavy (non-hydrogen) atoms. The zero-order valence-corrected chi connectivity index (χ0v) is 24.4. The van der Waals surface area contributed by atoms with E-state index in [1.807, 2.05) is 17.5 Å². The van der Waals surface area contributed by atoms with Gasteiger partial charge in [0.2, 0.25) is 10.0 Å². The average molecular weight is 605 g/mol. The number of aromatic nitrogens is 1. The molecule has 0 radical (unpaired) electrons. The highest BCUT2D eigenvalue weighted by Crippen LogP contribution is 2.42. The molecular weight excluding hydrogens is 579 g/mol. The van der Waals surface area contributed by atoms with Crippen LogP contribution in [0.15, 0.2) is 70.6 Å². The van der Waals surface area contributed by atoms with Gasteiger partial charge in [0, 0.05) is 59.7 Å². The Kier molecular flexibility index (Phi) is 6.82. The van der Waals surface area contributed by atoms with Gasteiger partial charge in [-0.05, 0) is 47.8 Å². The topological polar surface area (TPSA) is 122 Å². The largest absolute Gasteiger partial charge is 0.455 e. The standard InChI is InChI=1S/C30H25FN4O5S2/c1-32-30(37)27-21-12-19(17-11-20-22(33-15-17)13-23(34-29(20)36)26-5-4-10-41-26)24(35(2)42(3,38)39)14-25(21)40-28(27)16-6-8-18(31)9-7-16/h4-12,14-15,23H,13H2,1-3H3,(H,32,37)(H,34,36). The number of hydrogen-bond donors (Lipinski definition) is 2. The summed E-state index contributed by atoms with van der Waals surface area (Å²) in [5, 5.41) is 8.02. The van der Waals surface area contributed by atoms with Crippen molar-refractivity contribution in [2.75, 3.05) is 24.7 Å². The zero-order chi connectivity index (χ0) is 29.8.